The largest absolute Gasteiger partial charge is 0.387 e. The van der Waals surface area contributed by atoms with Crippen molar-refractivity contribution in [3.63, 3.8) is 0 Å². The fourth-order valence-corrected chi connectivity index (χ4v) is 2.13. The molecule has 6 nitrogen and oxygen atoms in total. The molecule has 118 valence electrons. The van der Waals surface area contributed by atoms with Gasteiger partial charge >= 0.3 is 0 Å². The van der Waals surface area contributed by atoms with Crippen molar-refractivity contribution in [1.29, 1.82) is 0 Å². The Morgan fingerprint density at radius 2 is 2.14 bits per heavy atom. The van der Waals surface area contributed by atoms with Gasteiger partial charge in [0.25, 0.3) is 5.91 Å². The van der Waals surface area contributed by atoms with Crippen molar-refractivity contribution in [3.05, 3.63) is 23.5 Å². The maximum absolute atomic E-state index is 12.8. The van der Waals surface area contributed by atoms with Gasteiger partial charge in [0.1, 0.15) is 0 Å². The first-order valence-electron chi connectivity index (χ1n) is 6.98. The number of pyridine rings is 1. The third-order valence-corrected chi connectivity index (χ3v) is 3.28. The Bertz CT molecular complexity index is 465. The molecule has 6 heteroatoms. The van der Waals surface area contributed by atoms with Crippen molar-refractivity contribution in [3.8, 4) is 0 Å². The van der Waals surface area contributed by atoms with Gasteiger partial charge in [-0.3, -0.25) is 9.78 Å². The van der Waals surface area contributed by atoms with Crippen LogP contribution in [0.5, 0.6) is 0 Å². The highest BCUT2D eigenvalue weighted by molar-refractivity contribution is 5.99. The van der Waals surface area contributed by atoms with Crippen LogP contribution in [0.2, 0.25) is 0 Å². The summed E-state index contributed by atoms with van der Waals surface area (Å²) < 4.78 is 10.3. The van der Waals surface area contributed by atoms with Crippen LogP contribution in [-0.4, -0.2) is 62.9 Å². The Hall–Kier alpha value is -1.66. The number of anilines is 1. The Balaban J connectivity index is 3.03. The zero-order chi connectivity index (χ0) is 15.8. The van der Waals surface area contributed by atoms with E-state index >= 15 is 0 Å². The number of aryl methyl sites for hydroxylation is 1. The summed E-state index contributed by atoms with van der Waals surface area (Å²) in [5, 5.41) is 3.05. The lowest BCUT2D eigenvalue weighted by Gasteiger charge is -2.29. The van der Waals surface area contributed by atoms with Crippen LogP contribution in [-0.2, 0) is 9.47 Å². The SMILES string of the molecule is CNc1cc(C)ncc1C(=O)N(CCOC)C(C)COC. The zero-order valence-electron chi connectivity index (χ0n) is 13.5. The number of nitrogens with one attached hydrogen (secondary N) is 1. The highest BCUT2D eigenvalue weighted by Crippen LogP contribution is 2.18. The van der Waals surface area contributed by atoms with Crippen molar-refractivity contribution in [2.45, 2.75) is 19.9 Å². The molecule has 1 unspecified atom stereocenters. The van der Waals surface area contributed by atoms with Crippen molar-refractivity contribution in [1.82, 2.24) is 9.88 Å². The maximum atomic E-state index is 12.8. The number of methoxy groups -OCH3 is 2. The van der Waals surface area contributed by atoms with E-state index in [0.29, 0.717) is 25.3 Å². The molecule has 1 amide bonds. The van der Waals surface area contributed by atoms with E-state index in [0.717, 1.165) is 11.4 Å². The maximum Gasteiger partial charge on any atom is 0.257 e. The molecule has 0 aliphatic carbocycles. The van der Waals surface area contributed by atoms with Crippen molar-refractivity contribution >= 4 is 11.6 Å². The van der Waals surface area contributed by atoms with E-state index in [4.69, 9.17) is 9.47 Å². The van der Waals surface area contributed by atoms with Crippen LogP contribution in [0.4, 0.5) is 5.69 Å². The van der Waals surface area contributed by atoms with Crippen molar-refractivity contribution < 1.29 is 14.3 Å². The van der Waals surface area contributed by atoms with E-state index in [2.05, 4.69) is 10.3 Å². The summed E-state index contributed by atoms with van der Waals surface area (Å²) in [7, 11) is 5.04. The van der Waals surface area contributed by atoms with E-state index in [1.54, 1.807) is 32.4 Å². The molecule has 21 heavy (non-hydrogen) atoms. The number of nitrogens with zero attached hydrogens (tertiary/aromatic N) is 2. The van der Waals surface area contributed by atoms with E-state index in [1.165, 1.54) is 0 Å². The second-order valence-corrected chi connectivity index (χ2v) is 4.92. The molecule has 1 rings (SSSR count). The molecular formula is C15H25N3O3. The van der Waals surface area contributed by atoms with Gasteiger partial charge in [0.2, 0.25) is 0 Å². The molecule has 0 aromatic carbocycles. The minimum atomic E-state index is -0.0755. The number of carbonyl (C=O) groups is 1. The average molecular weight is 295 g/mol. The number of rotatable bonds is 8. The Morgan fingerprint density at radius 3 is 2.71 bits per heavy atom. The van der Waals surface area contributed by atoms with Gasteiger partial charge < -0.3 is 19.7 Å². The molecule has 0 saturated heterocycles. The first kappa shape index (κ1) is 17.4. The number of ether oxygens (including phenoxy) is 2. The molecular weight excluding hydrogens is 270 g/mol. The van der Waals surface area contributed by atoms with Gasteiger partial charge in [0, 0.05) is 39.7 Å². The summed E-state index contributed by atoms with van der Waals surface area (Å²) in [6, 6.07) is 1.83. The second-order valence-electron chi connectivity index (χ2n) is 4.92. The van der Waals surface area contributed by atoms with E-state index in [-0.39, 0.29) is 11.9 Å². The van der Waals surface area contributed by atoms with E-state index in [1.807, 2.05) is 19.9 Å². The Labute approximate surface area is 126 Å². The predicted octanol–water partition coefficient (Wildman–Crippen LogP) is 1.56. The predicted molar refractivity (Wildman–Crippen MR) is 82.8 cm³/mol. The molecule has 1 atom stereocenters. The summed E-state index contributed by atoms with van der Waals surface area (Å²) in [5.74, 6) is -0.0755. The first-order valence-corrected chi connectivity index (χ1v) is 6.98. The summed E-state index contributed by atoms with van der Waals surface area (Å²) in [4.78, 5) is 18.8. The highest BCUT2D eigenvalue weighted by atomic mass is 16.5. The van der Waals surface area contributed by atoms with Crippen LogP contribution in [0.25, 0.3) is 0 Å². The Kier molecular flexibility index (Phi) is 7.11. The molecule has 1 heterocycles. The van der Waals surface area contributed by atoms with Gasteiger partial charge in [0.15, 0.2) is 0 Å². The topological polar surface area (TPSA) is 63.7 Å². The quantitative estimate of drug-likeness (QED) is 0.788. The molecule has 1 N–H and O–H groups in total. The lowest BCUT2D eigenvalue weighted by Crippen LogP contribution is -2.43. The summed E-state index contributed by atoms with van der Waals surface area (Å²) in [6.07, 6.45) is 1.61. The smallest absolute Gasteiger partial charge is 0.257 e. The van der Waals surface area contributed by atoms with Crippen molar-refractivity contribution in [2.75, 3.05) is 46.3 Å². The van der Waals surface area contributed by atoms with Crippen LogP contribution in [0, 0.1) is 6.92 Å². The Morgan fingerprint density at radius 1 is 1.43 bits per heavy atom. The van der Waals surface area contributed by atoms with Crippen LogP contribution >= 0.6 is 0 Å². The number of carbonyl (C=O) groups excluding carboxylic acids is 1. The minimum Gasteiger partial charge on any atom is -0.387 e. The fraction of sp³-hybridized carbons (Fsp3) is 0.600. The van der Waals surface area contributed by atoms with Gasteiger partial charge in [-0.1, -0.05) is 0 Å². The summed E-state index contributed by atoms with van der Waals surface area (Å²) in [6.45, 7) is 5.32. The molecule has 1 aromatic heterocycles. The first-order chi connectivity index (χ1) is 10.0. The highest BCUT2D eigenvalue weighted by Gasteiger charge is 2.23. The van der Waals surface area contributed by atoms with Gasteiger partial charge in [-0.2, -0.15) is 0 Å². The molecule has 0 saturated carbocycles. The zero-order valence-corrected chi connectivity index (χ0v) is 13.5. The van der Waals surface area contributed by atoms with E-state index in [9.17, 15) is 4.79 Å². The van der Waals surface area contributed by atoms with E-state index < -0.39 is 0 Å². The number of amides is 1. The van der Waals surface area contributed by atoms with Crippen molar-refractivity contribution in [2.24, 2.45) is 0 Å². The van der Waals surface area contributed by atoms with Gasteiger partial charge in [-0.15, -0.1) is 0 Å². The molecule has 0 aliphatic heterocycles. The van der Waals surface area contributed by atoms with Crippen LogP contribution in [0.1, 0.15) is 23.0 Å². The number of aromatic nitrogens is 1. The van der Waals surface area contributed by atoms with Crippen LogP contribution in [0.3, 0.4) is 0 Å². The molecule has 0 aliphatic rings. The van der Waals surface area contributed by atoms with Gasteiger partial charge in [-0.05, 0) is 19.9 Å². The van der Waals surface area contributed by atoms with Crippen LogP contribution in [0.15, 0.2) is 12.3 Å². The lowest BCUT2D eigenvalue weighted by atomic mass is 10.1. The van der Waals surface area contributed by atoms with Gasteiger partial charge in [0.05, 0.1) is 30.5 Å². The fourth-order valence-electron chi connectivity index (χ4n) is 2.13. The third kappa shape index (κ3) is 4.68. The standard InChI is InChI=1S/C15H25N3O3/c1-11-8-14(16-3)13(9-17-11)15(19)18(6-7-20-4)12(2)10-21-5/h8-9,12H,6-7,10H2,1-5H3,(H,16,17). The summed E-state index contributed by atoms with van der Waals surface area (Å²) >= 11 is 0. The number of hydrogen-bond donors (Lipinski definition) is 1. The molecule has 0 spiro atoms. The molecule has 1 aromatic rings. The third-order valence-electron chi connectivity index (χ3n) is 3.28. The lowest BCUT2D eigenvalue weighted by molar-refractivity contribution is 0.0480. The summed E-state index contributed by atoms with van der Waals surface area (Å²) in [5.41, 5.74) is 2.20. The monoisotopic (exact) mass is 295 g/mol. The number of hydrogen-bond acceptors (Lipinski definition) is 5. The van der Waals surface area contributed by atoms with Crippen LogP contribution < -0.4 is 5.32 Å². The molecule has 0 radical (unpaired) electrons. The average Bonchev–Trinajstić information content (AvgIpc) is 2.47. The second kappa shape index (κ2) is 8.59. The molecule has 0 fully saturated rings. The molecule has 0 bridgehead atoms. The minimum absolute atomic E-state index is 0.0383. The normalized spacial score (nSPS) is 12.0. The van der Waals surface area contributed by atoms with Gasteiger partial charge in [-0.25, -0.2) is 0 Å².